The number of aromatic nitrogens is 1. The molecule has 0 radical (unpaired) electrons. The molecule has 0 bridgehead atoms. The lowest BCUT2D eigenvalue weighted by molar-refractivity contribution is 0.632. The third-order valence-corrected chi connectivity index (χ3v) is 3.04. The molecule has 0 N–H and O–H groups in total. The first-order valence-corrected chi connectivity index (χ1v) is 6.21. The average Bonchev–Trinajstić information content (AvgIpc) is 2.03. The lowest BCUT2D eigenvalue weighted by atomic mass is 10.2. The summed E-state index contributed by atoms with van der Waals surface area (Å²) in [6.07, 6.45) is 1.25. The summed E-state index contributed by atoms with van der Waals surface area (Å²) in [6, 6.07) is 6.02. The standard InChI is InChI=1S/C10H14BrNS/c1-8(2)6-7-13-10-5-3-4-9(11)12-10/h3-5,8H,6-7H2,1-2H3. The molecule has 0 spiro atoms. The zero-order valence-corrected chi connectivity index (χ0v) is 10.4. The van der Waals surface area contributed by atoms with Gasteiger partial charge in [-0.1, -0.05) is 19.9 Å². The SMILES string of the molecule is CC(C)CCSc1cccc(Br)n1. The van der Waals surface area contributed by atoms with Crippen LogP contribution >= 0.6 is 27.7 Å². The number of rotatable bonds is 4. The molecule has 1 aromatic heterocycles. The minimum atomic E-state index is 0.777. The van der Waals surface area contributed by atoms with Gasteiger partial charge in [0.25, 0.3) is 0 Å². The molecule has 13 heavy (non-hydrogen) atoms. The first-order valence-electron chi connectivity index (χ1n) is 4.44. The molecule has 1 heterocycles. The number of halogens is 1. The second-order valence-electron chi connectivity index (χ2n) is 3.33. The first kappa shape index (κ1) is 11.1. The maximum Gasteiger partial charge on any atom is 0.107 e. The number of pyridine rings is 1. The summed E-state index contributed by atoms with van der Waals surface area (Å²) in [5.41, 5.74) is 0. The summed E-state index contributed by atoms with van der Waals surface area (Å²) in [4.78, 5) is 4.35. The minimum absolute atomic E-state index is 0.777. The van der Waals surface area contributed by atoms with E-state index in [0.717, 1.165) is 21.3 Å². The van der Waals surface area contributed by atoms with E-state index in [9.17, 15) is 0 Å². The van der Waals surface area contributed by atoms with Gasteiger partial charge < -0.3 is 0 Å². The zero-order chi connectivity index (χ0) is 9.68. The van der Waals surface area contributed by atoms with E-state index in [1.165, 1.54) is 6.42 Å². The molecular formula is C10H14BrNS. The van der Waals surface area contributed by atoms with Gasteiger partial charge in [-0.25, -0.2) is 4.98 Å². The molecule has 0 aliphatic carbocycles. The van der Waals surface area contributed by atoms with Gasteiger partial charge in [0.1, 0.15) is 4.60 Å². The maximum atomic E-state index is 4.35. The van der Waals surface area contributed by atoms with Crippen LogP contribution in [0.3, 0.4) is 0 Å². The molecule has 0 aliphatic rings. The number of thioether (sulfide) groups is 1. The quantitative estimate of drug-likeness (QED) is 0.600. The Morgan fingerprint density at radius 1 is 1.46 bits per heavy atom. The summed E-state index contributed by atoms with van der Waals surface area (Å²) in [5.74, 6) is 1.93. The van der Waals surface area contributed by atoms with Crippen molar-refractivity contribution in [1.29, 1.82) is 0 Å². The highest BCUT2D eigenvalue weighted by Gasteiger charge is 1.98. The minimum Gasteiger partial charge on any atom is -0.235 e. The van der Waals surface area contributed by atoms with Gasteiger partial charge in [-0.3, -0.25) is 0 Å². The Morgan fingerprint density at radius 3 is 2.85 bits per heavy atom. The van der Waals surface area contributed by atoms with Crippen molar-refractivity contribution in [2.45, 2.75) is 25.3 Å². The van der Waals surface area contributed by atoms with Gasteiger partial charge in [0.05, 0.1) is 5.03 Å². The van der Waals surface area contributed by atoms with Crippen LogP contribution in [0.15, 0.2) is 27.8 Å². The molecule has 0 aliphatic heterocycles. The fraction of sp³-hybridized carbons (Fsp3) is 0.500. The average molecular weight is 260 g/mol. The van der Waals surface area contributed by atoms with Crippen molar-refractivity contribution < 1.29 is 0 Å². The molecule has 0 atom stereocenters. The van der Waals surface area contributed by atoms with Crippen LogP contribution in [-0.4, -0.2) is 10.7 Å². The number of nitrogens with zero attached hydrogens (tertiary/aromatic N) is 1. The first-order chi connectivity index (χ1) is 6.18. The molecule has 1 aromatic rings. The highest BCUT2D eigenvalue weighted by atomic mass is 79.9. The number of hydrogen-bond donors (Lipinski definition) is 0. The lowest BCUT2D eigenvalue weighted by Gasteiger charge is -2.03. The van der Waals surface area contributed by atoms with Gasteiger partial charge in [0.15, 0.2) is 0 Å². The highest BCUT2D eigenvalue weighted by molar-refractivity contribution is 9.10. The molecule has 0 saturated carbocycles. The fourth-order valence-electron chi connectivity index (χ4n) is 0.869. The Kier molecular flexibility index (Phi) is 4.81. The molecular weight excluding hydrogens is 246 g/mol. The third kappa shape index (κ3) is 4.67. The second kappa shape index (κ2) is 5.66. The molecule has 0 saturated heterocycles. The smallest absolute Gasteiger partial charge is 0.107 e. The molecule has 72 valence electrons. The Morgan fingerprint density at radius 2 is 2.23 bits per heavy atom. The van der Waals surface area contributed by atoms with Gasteiger partial charge >= 0.3 is 0 Å². The van der Waals surface area contributed by atoms with Gasteiger partial charge in [-0.2, -0.15) is 0 Å². The predicted molar refractivity (Wildman–Crippen MR) is 62.1 cm³/mol. The van der Waals surface area contributed by atoms with Crippen molar-refractivity contribution in [1.82, 2.24) is 4.98 Å². The van der Waals surface area contributed by atoms with Crippen LogP contribution in [0.4, 0.5) is 0 Å². The Balaban J connectivity index is 2.37. The van der Waals surface area contributed by atoms with Crippen molar-refractivity contribution in [2.24, 2.45) is 5.92 Å². The van der Waals surface area contributed by atoms with Crippen LogP contribution in [0.25, 0.3) is 0 Å². The monoisotopic (exact) mass is 259 g/mol. The predicted octanol–water partition coefficient (Wildman–Crippen LogP) is 3.98. The van der Waals surface area contributed by atoms with Crippen LogP contribution in [0, 0.1) is 5.92 Å². The van der Waals surface area contributed by atoms with E-state index in [1.54, 1.807) is 0 Å². The van der Waals surface area contributed by atoms with E-state index < -0.39 is 0 Å². The molecule has 3 heteroatoms. The number of hydrogen-bond acceptors (Lipinski definition) is 2. The second-order valence-corrected chi connectivity index (χ2v) is 5.26. The fourth-order valence-corrected chi connectivity index (χ4v) is 2.47. The van der Waals surface area contributed by atoms with Crippen molar-refractivity contribution in [3.63, 3.8) is 0 Å². The van der Waals surface area contributed by atoms with Crippen molar-refractivity contribution in [3.8, 4) is 0 Å². The largest absolute Gasteiger partial charge is 0.235 e. The van der Waals surface area contributed by atoms with E-state index in [4.69, 9.17) is 0 Å². The van der Waals surface area contributed by atoms with Gasteiger partial charge in [-0.05, 0) is 46.2 Å². The van der Waals surface area contributed by atoms with E-state index in [0.29, 0.717) is 0 Å². The molecule has 0 amide bonds. The summed E-state index contributed by atoms with van der Waals surface area (Å²) in [7, 11) is 0. The van der Waals surface area contributed by atoms with E-state index in [1.807, 2.05) is 23.9 Å². The molecule has 0 fully saturated rings. The molecule has 1 nitrogen and oxygen atoms in total. The maximum absolute atomic E-state index is 4.35. The lowest BCUT2D eigenvalue weighted by Crippen LogP contribution is -1.90. The Labute approximate surface area is 92.5 Å². The summed E-state index contributed by atoms with van der Waals surface area (Å²) in [6.45, 7) is 4.49. The van der Waals surface area contributed by atoms with Crippen molar-refractivity contribution in [3.05, 3.63) is 22.8 Å². The van der Waals surface area contributed by atoms with Crippen molar-refractivity contribution >= 4 is 27.7 Å². The van der Waals surface area contributed by atoms with Crippen molar-refractivity contribution in [2.75, 3.05) is 5.75 Å². The molecule has 1 rings (SSSR count). The Hall–Kier alpha value is -0.0200. The summed E-state index contributed by atoms with van der Waals surface area (Å²) < 4.78 is 0.919. The van der Waals surface area contributed by atoms with Crippen LogP contribution in [0.5, 0.6) is 0 Å². The van der Waals surface area contributed by atoms with Gasteiger partial charge in [0.2, 0.25) is 0 Å². The molecule has 0 aromatic carbocycles. The topological polar surface area (TPSA) is 12.9 Å². The Bertz CT molecular complexity index is 263. The summed E-state index contributed by atoms with van der Waals surface area (Å²) >= 11 is 5.18. The highest BCUT2D eigenvalue weighted by Crippen LogP contribution is 2.19. The van der Waals surface area contributed by atoms with Crippen LogP contribution in [0.1, 0.15) is 20.3 Å². The zero-order valence-electron chi connectivity index (χ0n) is 7.96. The van der Waals surface area contributed by atoms with Crippen LogP contribution in [0.2, 0.25) is 0 Å². The van der Waals surface area contributed by atoms with Crippen LogP contribution in [-0.2, 0) is 0 Å². The molecule has 0 unspecified atom stereocenters. The van der Waals surface area contributed by atoms with E-state index in [2.05, 4.69) is 40.8 Å². The van der Waals surface area contributed by atoms with Crippen LogP contribution < -0.4 is 0 Å². The van der Waals surface area contributed by atoms with E-state index >= 15 is 0 Å². The van der Waals surface area contributed by atoms with Gasteiger partial charge in [-0.15, -0.1) is 11.8 Å². The normalized spacial score (nSPS) is 10.8. The van der Waals surface area contributed by atoms with Gasteiger partial charge in [0, 0.05) is 0 Å². The van der Waals surface area contributed by atoms with E-state index in [-0.39, 0.29) is 0 Å². The summed E-state index contributed by atoms with van der Waals surface area (Å²) in [5, 5.41) is 1.11. The third-order valence-electron chi connectivity index (χ3n) is 1.63.